The molecule has 2 aromatic heterocycles. The van der Waals surface area contributed by atoms with Gasteiger partial charge < -0.3 is 15.0 Å². The van der Waals surface area contributed by atoms with E-state index in [1.54, 1.807) is 0 Å². The summed E-state index contributed by atoms with van der Waals surface area (Å²) in [6, 6.07) is 1.88. The first-order valence-electron chi connectivity index (χ1n) is 7.61. The summed E-state index contributed by atoms with van der Waals surface area (Å²) in [5.74, 6) is 0.684. The lowest BCUT2D eigenvalue weighted by Crippen LogP contribution is -2.25. The van der Waals surface area contributed by atoms with Gasteiger partial charge in [0.1, 0.15) is 10.5 Å². The van der Waals surface area contributed by atoms with Crippen LogP contribution < -0.4 is 10.9 Å². The van der Waals surface area contributed by atoms with Gasteiger partial charge in [-0.05, 0) is 24.3 Å². The molecule has 6 heteroatoms. The number of H-pyrrole nitrogens is 1. The van der Waals surface area contributed by atoms with Crippen molar-refractivity contribution < 1.29 is 4.74 Å². The number of rotatable bonds is 6. The van der Waals surface area contributed by atoms with Crippen LogP contribution in [0.5, 0.6) is 0 Å². The Labute approximate surface area is 127 Å². The lowest BCUT2D eigenvalue weighted by molar-refractivity contribution is 0.0302. The predicted octanol–water partition coefficient (Wildman–Crippen LogP) is 2.42. The highest BCUT2D eigenvalue weighted by Gasteiger charge is 2.13. The number of fused-ring (bicyclic) bond motifs is 1. The quantitative estimate of drug-likeness (QED) is 0.804. The molecular weight excluding hydrogens is 286 g/mol. The maximum absolute atomic E-state index is 11.8. The predicted molar refractivity (Wildman–Crippen MR) is 84.8 cm³/mol. The van der Waals surface area contributed by atoms with Crippen molar-refractivity contribution in [3.63, 3.8) is 0 Å². The van der Waals surface area contributed by atoms with E-state index in [0.29, 0.717) is 23.2 Å². The minimum absolute atomic E-state index is 0.0507. The summed E-state index contributed by atoms with van der Waals surface area (Å²) in [6.45, 7) is 2.06. The van der Waals surface area contributed by atoms with Crippen LogP contribution in [0.3, 0.4) is 0 Å². The molecule has 21 heavy (non-hydrogen) atoms. The van der Waals surface area contributed by atoms with Gasteiger partial charge in [-0.1, -0.05) is 19.3 Å². The van der Waals surface area contributed by atoms with Gasteiger partial charge in [0.05, 0.1) is 24.8 Å². The molecule has 0 aliphatic heterocycles. The zero-order valence-electron chi connectivity index (χ0n) is 12.1. The minimum Gasteiger partial charge on any atom is -0.377 e. The van der Waals surface area contributed by atoms with Gasteiger partial charge in [0, 0.05) is 6.54 Å². The molecule has 0 aromatic carbocycles. The molecule has 2 heterocycles. The van der Waals surface area contributed by atoms with Gasteiger partial charge in [0.2, 0.25) is 0 Å². The summed E-state index contributed by atoms with van der Waals surface area (Å²) in [7, 11) is 0. The number of nitrogens with one attached hydrogen (secondary N) is 2. The van der Waals surface area contributed by atoms with Crippen LogP contribution in [0.4, 0.5) is 0 Å². The van der Waals surface area contributed by atoms with Gasteiger partial charge in [0.15, 0.2) is 0 Å². The smallest absolute Gasteiger partial charge is 0.268 e. The fourth-order valence-corrected chi connectivity index (χ4v) is 3.47. The number of hydrogen-bond donors (Lipinski definition) is 2. The van der Waals surface area contributed by atoms with Crippen LogP contribution in [0.2, 0.25) is 0 Å². The summed E-state index contributed by atoms with van der Waals surface area (Å²) in [5.41, 5.74) is 0.726. The highest BCUT2D eigenvalue weighted by Crippen LogP contribution is 2.19. The third kappa shape index (κ3) is 3.90. The molecule has 1 aliphatic rings. The van der Waals surface area contributed by atoms with Gasteiger partial charge >= 0.3 is 0 Å². The van der Waals surface area contributed by atoms with Crippen LogP contribution in [0.15, 0.2) is 16.2 Å². The molecule has 2 aromatic rings. The molecule has 1 fully saturated rings. The molecule has 2 N–H and O–H groups in total. The average Bonchev–Trinajstić information content (AvgIpc) is 2.97. The number of thiophene rings is 1. The summed E-state index contributed by atoms with van der Waals surface area (Å²) >= 11 is 1.42. The van der Waals surface area contributed by atoms with E-state index in [1.165, 1.54) is 43.4 Å². The van der Waals surface area contributed by atoms with Crippen LogP contribution in [0, 0.1) is 0 Å². The Hall–Kier alpha value is -1.24. The first-order chi connectivity index (χ1) is 10.3. The molecular formula is C15H21N3O2S. The second-order valence-corrected chi connectivity index (χ2v) is 6.37. The van der Waals surface area contributed by atoms with Crippen LogP contribution in [-0.4, -0.2) is 29.2 Å². The van der Waals surface area contributed by atoms with E-state index in [0.717, 1.165) is 18.7 Å². The van der Waals surface area contributed by atoms with Crippen molar-refractivity contribution in [3.05, 3.63) is 27.6 Å². The molecule has 3 rings (SSSR count). The van der Waals surface area contributed by atoms with Crippen LogP contribution in [-0.2, 0) is 11.3 Å². The van der Waals surface area contributed by atoms with Gasteiger partial charge in [-0.25, -0.2) is 4.98 Å². The Kier molecular flexibility index (Phi) is 5.00. The standard InChI is InChI=1S/C15H21N3O2S/c19-15-14-12(6-9-21-14)17-13(18-15)10-16-7-8-20-11-4-2-1-3-5-11/h6,9,11,16H,1-5,7-8,10H2,(H,17,18,19). The first-order valence-corrected chi connectivity index (χ1v) is 8.49. The van der Waals surface area contributed by atoms with Crippen molar-refractivity contribution in [1.82, 2.24) is 15.3 Å². The monoisotopic (exact) mass is 307 g/mol. The van der Waals surface area contributed by atoms with Crippen molar-refractivity contribution in [2.24, 2.45) is 0 Å². The van der Waals surface area contributed by atoms with Crippen LogP contribution in [0.25, 0.3) is 10.2 Å². The summed E-state index contributed by atoms with van der Waals surface area (Å²) in [5, 5.41) is 5.16. The molecule has 1 aliphatic carbocycles. The molecule has 0 unspecified atom stereocenters. The summed E-state index contributed by atoms with van der Waals surface area (Å²) < 4.78 is 6.54. The number of aromatic nitrogens is 2. The molecule has 0 spiro atoms. The normalized spacial score (nSPS) is 16.6. The SMILES string of the molecule is O=c1[nH]c(CNCCOC2CCCCC2)nc2ccsc12. The number of nitrogens with zero attached hydrogens (tertiary/aromatic N) is 1. The summed E-state index contributed by atoms with van der Waals surface area (Å²) in [4.78, 5) is 19.1. The van der Waals surface area contributed by atoms with E-state index in [2.05, 4.69) is 15.3 Å². The van der Waals surface area contributed by atoms with E-state index in [1.807, 2.05) is 11.4 Å². The lowest BCUT2D eigenvalue weighted by Gasteiger charge is -2.21. The minimum atomic E-state index is -0.0507. The highest BCUT2D eigenvalue weighted by atomic mass is 32.1. The van der Waals surface area contributed by atoms with E-state index in [4.69, 9.17) is 4.74 Å². The lowest BCUT2D eigenvalue weighted by atomic mass is 9.98. The number of hydrogen-bond acceptors (Lipinski definition) is 5. The topological polar surface area (TPSA) is 67.0 Å². The van der Waals surface area contributed by atoms with Crippen molar-refractivity contribution in [1.29, 1.82) is 0 Å². The molecule has 1 saturated carbocycles. The highest BCUT2D eigenvalue weighted by molar-refractivity contribution is 7.17. The molecule has 0 saturated heterocycles. The average molecular weight is 307 g/mol. The Morgan fingerprint density at radius 3 is 3.10 bits per heavy atom. The summed E-state index contributed by atoms with van der Waals surface area (Å²) in [6.07, 6.45) is 6.78. The number of ether oxygens (including phenoxy) is 1. The Morgan fingerprint density at radius 1 is 1.38 bits per heavy atom. The van der Waals surface area contributed by atoms with Gasteiger partial charge in [-0.3, -0.25) is 4.79 Å². The van der Waals surface area contributed by atoms with E-state index in [-0.39, 0.29) is 5.56 Å². The van der Waals surface area contributed by atoms with Gasteiger partial charge in [0.25, 0.3) is 5.56 Å². The third-order valence-corrected chi connectivity index (χ3v) is 4.74. The van der Waals surface area contributed by atoms with Crippen LogP contribution in [0.1, 0.15) is 37.9 Å². The fourth-order valence-electron chi connectivity index (χ4n) is 2.74. The van der Waals surface area contributed by atoms with Crippen molar-refractivity contribution >= 4 is 21.6 Å². The first kappa shape index (κ1) is 14.7. The van der Waals surface area contributed by atoms with Gasteiger partial charge in [-0.2, -0.15) is 0 Å². The van der Waals surface area contributed by atoms with Crippen molar-refractivity contribution in [2.75, 3.05) is 13.2 Å². The number of aromatic amines is 1. The van der Waals surface area contributed by atoms with E-state index in [9.17, 15) is 4.79 Å². The van der Waals surface area contributed by atoms with E-state index >= 15 is 0 Å². The fraction of sp³-hybridized carbons (Fsp3) is 0.600. The van der Waals surface area contributed by atoms with Gasteiger partial charge in [-0.15, -0.1) is 11.3 Å². The molecule has 0 bridgehead atoms. The van der Waals surface area contributed by atoms with Crippen molar-refractivity contribution in [3.8, 4) is 0 Å². The molecule has 0 amide bonds. The zero-order valence-corrected chi connectivity index (χ0v) is 12.9. The zero-order chi connectivity index (χ0) is 14.5. The largest absolute Gasteiger partial charge is 0.377 e. The Balaban J connectivity index is 1.43. The van der Waals surface area contributed by atoms with Crippen molar-refractivity contribution in [2.45, 2.75) is 44.8 Å². The second kappa shape index (κ2) is 7.15. The Bertz CT molecular complexity index is 631. The molecule has 0 atom stereocenters. The maximum atomic E-state index is 11.8. The maximum Gasteiger partial charge on any atom is 0.268 e. The third-order valence-electron chi connectivity index (χ3n) is 3.84. The van der Waals surface area contributed by atoms with E-state index < -0.39 is 0 Å². The Morgan fingerprint density at radius 2 is 2.24 bits per heavy atom. The molecule has 114 valence electrons. The second-order valence-electron chi connectivity index (χ2n) is 5.46. The molecule has 5 nitrogen and oxygen atoms in total. The van der Waals surface area contributed by atoms with Crippen LogP contribution >= 0.6 is 11.3 Å². The molecule has 0 radical (unpaired) electrons.